The van der Waals surface area contributed by atoms with Crippen molar-refractivity contribution in [3.63, 3.8) is 0 Å². The number of ether oxygens (including phenoxy) is 1. The molecule has 0 unspecified atom stereocenters. The Morgan fingerprint density at radius 2 is 1.86 bits per heavy atom. The van der Waals surface area contributed by atoms with Gasteiger partial charge in [0.1, 0.15) is 12.4 Å². The van der Waals surface area contributed by atoms with E-state index in [4.69, 9.17) is 16.3 Å². The molecule has 3 rings (SSSR count). The molecule has 0 fully saturated rings. The quantitative estimate of drug-likeness (QED) is 0.296. The van der Waals surface area contributed by atoms with Crippen LogP contribution in [0.2, 0.25) is 5.02 Å². The molecule has 0 aliphatic rings. The highest BCUT2D eigenvalue weighted by Gasteiger charge is 2.02. The zero-order valence-electron chi connectivity index (χ0n) is 16.0. The van der Waals surface area contributed by atoms with Crippen molar-refractivity contribution in [1.29, 1.82) is 0 Å². The van der Waals surface area contributed by atoms with Crippen LogP contribution in [0.25, 0.3) is 0 Å². The van der Waals surface area contributed by atoms with E-state index in [1.165, 1.54) is 17.3 Å². The molecule has 1 N–H and O–H groups in total. The average Bonchev–Trinajstić information content (AvgIpc) is 2.73. The van der Waals surface area contributed by atoms with Crippen molar-refractivity contribution < 1.29 is 9.53 Å². The normalized spacial score (nSPS) is 10.8. The number of hydrazone groups is 1. The lowest BCUT2D eigenvalue weighted by Crippen LogP contribution is -2.19. The molecule has 29 heavy (non-hydrogen) atoms. The number of halogens is 1. The Morgan fingerprint density at radius 1 is 1.10 bits per heavy atom. The van der Waals surface area contributed by atoms with Crippen LogP contribution >= 0.6 is 23.4 Å². The summed E-state index contributed by atoms with van der Waals surface area (Å²) in [6.07, 6.45) is 1.61. The molecule has 0 bridgehead atoms. The number of hydrogen-bond acceptors (Lipinski definition) is 4. The van der Waals surface area contributed by atoms with Gasteiger partial charge in [0.05, 0.1) is 12.0 Å². The van der Waals surface area contributed by atoms with Crippen LogP contribution in [-0.2, 0) is 11.4 Å². The molecule has 0 saturated heterocycles. The van der Waals surface area contributed by atoms with E-state index < -0.39 is 0 Å². The van der Waals surface area contributed by atoms with Crippen molar-refractivity contribution in [3.05, 3.63) is 94.5 Å². The van der Waals surface area contributed by atoms with E-state index in [1.54, 1.807) is 6.21 Å². The number of nitrogens with zero attached hydrogens (tertiary/aromatic N) is 1. The Labute approximate surface area is 179 Å². The minimum absolute atomic E-state index is 0.145. The third-order valence-corrected chi connectivity index (χ3v) is 5.22. The number of benzene rings is 3. The van der Waals surface area contributed by atoms with Crippen molar-refractivity contribution >= 4 is 35.5 Å². The van der Waals surface area contributed by atoms with Gasteiger partial charge in [-0.3, -0.25) is 4.79 Å². The minimum Gasteiger partial charge on any atom is -0.489 e. The van der Waals surface area contributed by atoms with E-state index >= 15 is 0 Å². The fourth-order valence-corrected chi connectivity index (χ4v) is 3.34. The number of rotatable bonds is 8. The molecule has 0 aromatic heterocycles. The van der Waals surface area contributed by atoms with Crippen LogP contribution < -0.4 is 10.2 Å². The Kier molecular flexibility index (Phi) is 7.73. The van der Waals surface area contributed by atoms with Gasteiger partial charge in [-0.2, -0.15) is 5.10 Å². The lowest BCUT2D eigenvalue weighted by Gasteiger charge is -2.06. The summed E-state index contributed by atoms with van der Waals surface area (Å²) in [5.74, 6) is 0.922. The summed E-state index contributed by atoms with van der Waals surface area (Å²) in [7, 11) is 0. The SMILES string of the molecule is Cc1ccc(SCC(=O)N/N=C\c2ccc(OCc3cccc(Cl)c3)cc2)cc1. The summed E-state index contributed by atoms with van der Waals surface area (Å²) in [6, 6.07) is 23.1. The van der Waals surface area contributed by atoms with Gasteiger partial charge >= 0.3 is 0 Å². The first-order valence-corrected chi connectivity index (χ1v) is 10.4. The summed E-state index contributed by atoms with van der Waals surface area (Å²) in [5.41, 5.74) is 5.62. The average molecular weight is 425 g/mol. The monoisotopic (exact) mass is 424 g/mol. The molecule has 4 nitrogen and oxygen atoms in total. The molecule has 3 aromatic carbocycles. The molecule has 0 aliphatic heterocycles. The predicted octanol–water partition coefficient (Wildman–Crippen LogP) is 5.47. The second-order valence-corrected chi connectivity index (χ2v) is 7.87. The number of thioether (sulfide) groups is 1. The molecule has 3 aromatic rings. The smallest absolute Gasteiger partial charge is 0.250 e. The fourth-order valence-electron chi connectivity index (χ4n) is 2.44. The molecular weight excluding hydrogens is 404 g/mol. The Bertz CT molecular complexity index is 973. The van der Waals surface area contributed by atoms with E-state index in [1.807, 2.05) is 79.7 Å². The number of carbonyl (C=O) groups is 1. The molecular formula is C23H21ClN2O2S. The van der Waals surface area contributed by atoms with Crippen LogP contribution in [0.1, 0.15) is 16.7 Å². The lowest BCUT2D eigenvalue weighted by molar-refractivity contribution is -0.118. The van der Waals surface area contributed by atoms with E-state index in [2.05, 4.69) is 10.5 Å². The summed E-state index contributed by atoms with van der Waals surface area (Å²) in [4.78, 5) is 13.0. The Morgan fingerprint density at radius 3 is 2.59 bits per heavy atom. The first kappa shape index (κ1) is 21.0. The molecule has 0 atom stereocenters. The van der Waals surface area contributed by atoms with Crippen molar-refractivity contribution in [1.82, 2.24) is 5.43 Å². The van der Waals surface area contributed by atoms with E-state index in [0.717, 1.165) is 21.8 Å². The van der Waals surface area contributed by atoms with Gasteiger partial charge in [0.2, 0.25) is 5.91 Å². The number of aryl methyl sites for hydroxylation is 1. The van der Waals surface area contributed by atoms with E-state index in [9.17, 15) is 4.79 Å². The summed E-state index contributed by atoms with van der Waals surface area (Å²) < 4.78 is 5.75. The molecule has 6 heteroatoms. The first-order chi connectivity index (χ1) is 14.1. The summed E-state index contributed by atoms with van der Waals surface area (Å²) >= 11 is 7.45. The van der Waals surface area contributed by atoms with Crippen molar-refractivity contribution in [3.8, 4) is 5.75 Å². The molecule has 0 radical (unpaired) electrons. The van der Waals surface area contributed by atoms with Crippen LogP contribution in [0.4, 0.5) is 0 Å². The maximum Gasteiger partial charge on any atom is 0.250 e. The topological polar surface area (TPSA) is 50.7 Å². The number of amides is 1. The van der Waals surface area contributed by atoms with Gasteiger partial charge in [-0.05, 0) is 66.6 Å². The molecule has 1 amide bonds. The lowest BCUT2D eigenvalue weighted by atomic mass is 10.2. The van der Waals surface area contributed by atoms with Crippen LogP contribution in [0.5, 0.6) is 5.75 Å². The minimum atomic E-state index is -0.145. The van der Waals surface area contributed by atoms with Crippen molar-refractivity contribution in [2.75, 3.05) is 5.75 Å². The summed E-state index contributed by atoms with van der Waals surface area (Å²) in [5, 5.41) is 4.70. The third-order valence-electron chi connectivity index (χ3n) is 3.97. The maximum atomic E-state index is 11.9. The van der Waals surface area contributed by atoms with Crippen molar-refractivity contribution in [2.24, 2.45) is 5.10 Å². The number of hydrogen-bond donors (Lipinski definition) is 1. The van der Waals surface area contributed by atoms with Gasteiger partial charge in [0.15, 0.2) is 0 Å². The van der Waals surface area contributed by atoms with E-state index in [-0.39, 0.29) is 5.91 Å². The van der Waals surface area contributed by atoms with Gasteiger partial charge in [0.25, 0.3) is 0 Å². The number of nitrogens with one attached hydrogen (secondary N) is 1. The zero-order chi connectivity index (χ0) is 20.5. The fraction of sp³-hybridized carbons (Fsp3) is 0.130. The van der Waals surface area contributed by atoms with Crippen LogP contribution in [0, 0.1) is 6.92 Å². The highest BCUT2D eigenvalue weighted by Crippen LogP contribution is 2.18. The first-order valence-electron chi connectivity index (χ1n) is 9.07. The highest BCUT2D eigenvalue weighted by molar-refractivity contribution is 8.00. The van der Waals surface area contributed by atoms with Crippen LogP contribution in [0.15, 0.2) is 82.8 Å². The van der Waals surface area contributed by atoms with Gasteiger partial charge in [0, 0.05) is 9.92 Å². The molecule has 148 valence electrons. The second kappa shape index (κ2) is 10.7. The number of carbonyl (C=O) groups excluding carboxylic acids is 1. The molecule has 0 heterocycles. The van der Waals surface area contributed by atoms with Gasteiger partial charge < -0.3 is 4.74 Å². The highest BCUT2D eigenvalue weighted by atomic mass is 35.5. The molecule has 0 spiro atoms. The third kappa shape index (κ3) is 7.29. The Balaban J connectivity index is 1.42. The van der Waals surface area contributed by atoms with E-state index in [0.29, 0.717) is 17.4 Å². The van der Waals surface area contributed by atoms with Gasteiger partial charge in [-0.1, -0.05) is 41.4 Å². The van der Waals surface area contributed by atoms with Crippen molar-refractivity contribution in [2.45, 2.75) is 18.4 Å². The van der Waals surface area contributed by atoms with Crippen LogP contribution in [-0.4, -0.2) is 17.9 Å². The summed E-state index contributed by atoms with van der Waals surface area (Å²) in [6.45, 7) is 2.48. The second-order valence-electron chi connectivity index (χ2n) is 6.38. The molecule has 0 aliphatic carbocycles. The predicted molar refractivity (Wildman–Crippen MR) is 120 cm³/mol. The van der Waals surface area contributed by atoms with Gasteiger partial charge in [-0.25, -0.2) is 5.43 Å². The zero-order valence-corrected chi connectivity index (χ0v) is 17.5. The van der Waals surface area contributed by atoms with Crippen LogP contribution in [0.3, 0.4) is 0 Å². The maximum absolute atomic E-state index is 11.9. The largest absolute Gasteiger partial charge is 0.489 e. The van der Waals surface area contributed by atoms with Gasteiger partial charge in [-0.15, -0.1) is 11.8 Å². The standard InChI is InChI=1S/C23H21ClN2O2S/c1-17-5-11-22(12-6-17)29-16-23(27)26-25-14-18-7-9-21(10-8-18)28-15-19-3-2-4-20(24)13-19/h2-14H,15-16H2,1H3,(H,26,27)/b25-14-. The Hall–Kier alpha value is -2.76. The molecule has 0 saturated carbocycles.